The van der Waals surface area contributed by atoms with E-state index < -0.39 is 9.84 Å². The van der Waals surface area contributed by atoms with Gasteiger partial charge in [0.25, 0.3) is 0 Å². The largest absolute Gasteiger partial charge is 0.334 e. The van der Waals surface area contributed by atoms with Crippen molar-refractivity contribution in [1.29, 1.82) is 0 Å². The average Bonchev–Trinajstić information content (AvgIpc) is 2.62. The number of urea groups is 1. The molecule has 104 valence electrons. The van der Waals surface area contributed by atoms with Crippen LogP contribution < -0.4 is 10.6 Å². The molecule has 0 spiro atoms. The zero-order valence-electron chi connectivity index (χ0n) is 11.1. The van der Waals surface area contributed by atoms with E-state index >= 15 is 0 Å². The fourth-order valence-corrected chi connectivity index (χ4v) is 3.88. The third kappa shape index (κ3) is 3.70. The van der Waals surface area contributed by atoms with Gasteiger partial charge in [0.2, 0.25) is 0 Å². The molecule has 0 bridgehead atoms. The number of sulfone groups is 1. The highest BCUT2D eigenvalue weighted by molar-refractivity contribution is 7.91. The van der Waals surface area contributed by atoms with Crippen LogP contribution >= 0.6 is 0 Å². The summed E-state index contributed by atoms with van der Waals surface area (Å²) in [4.78, 5) is 11.8. The Morgan fingerprint density at radius 3 is 2.63 bits per heavy atom. The smallest absolute Gasteiger partial charge is 0.319 e. The van der Waals surface area contributed by atoms with Gasteiger partial charge in [0.05, 0.1) is 11.5 Å². The quantitative estimate of drug-likeness (QED) is 0.865. The molecule has 1 aliphatic heterocycles. The normalized spacial score (nSPS) is 21.1. The molecule has 0 aromatic heterocycles. The van der Waals surface area contributed by atoms with E-state index in [0.29, 0.717) is 6.42 Å². The van der Waals surface area contributed by atoms with Crippen molar-refractivity contribution in [2.24, 2.45) is 0 Å². The average molecular weight is 282 g/mol. The summed E-state index contributed by atoms with van der Waals surface area (Å²) in [5.74, 6) is 0.189. The Morgan fingerprint density at radius 1 is 1.32 bits per heavy atom. The van der Waals surface area contributed by atoms with Crippen LogP contribution in [0.25, 0.3) is 0 Å². The summed E-state index contributed by atoms with van der Waals surface area (Å²) < 4.78 is 22.6. The van der Waals surface area contributed by atoms with Crippen LogP contribution in [0, 0.1) is 13.8 Å². The predicted molar refractivity (Wildman–Crippen MR) is 75.1 cm³/mol. The second kappa shape index (κ2) is 5.21. The van der Waals surface area contributed by atoms with Gasteiger partial charge < -0.3 is 10.6 Å². The van der Waals surface area contributed by atoms with E-state index in [9.17, 15) is 13.2 Å². The van der Waals surface area contributed by atoms with Gasteiger partial charge in [0.1, 0.15) is 0 Å². The lowest BCUT2D eigenvalue weighted by Crippen LogP contribution is -2.38. The zero-order valence-corrected chi connectivity index (χ0v) is 11.9. The second-order valence-corrected chi connectivity index (χ2v) is 7.25. The molecule has 0 radical (unpaired) electrons. The Kier molecular flexibility index (Phi) is 3.80. The second-order valence-electron chi connectivity index (χ2n) is 5.02. The van der Waals surface area contributed by atoms with Gasteiger partial charge in [-0.15, -0.1) is 0 Å². The van der Waals surface area contributed by atoms with Gasteiger partial charge in [-0.2, -0.15) is 0 Å². The third-order valence-electron chi connectivity index (χ3n) is 3.20. The maximum atomic E-state index is 11.8. The van der Waals surface area contributed by atoms with Gasteiger partial charge in [-0.05, 0) is 31.9 Å². The molecule has 1 aromatic carbocycles. The lowest BCUT2D eigenvalue weighted by Gasteiger charge is -2.13. The van der Waals surface area contributed by atoms with Crippen LogP contribution in [-0.2, 0) is 9.84 Å². The van der Waals surface area contributed by atoms with Crippen molar-refractivity contribution in [3.8, 4) is 0 Å². The summed E-state index contributed by atoms with van der Waals surface area (Å²) in [7, 11) is -2.97. The minimum Gasteiger partial charge on any atom is -0.334 e. The molecule has 2 rings (SSSR count). The molecular formula is C13H18N2O3S. The molecule has 0 aliphatic carbocycles. The van der Waals surface area contributed by atoms with Crippen molar-refractivity contribution in [3.63, 3.8) is 0 Å². The highest BCUT2D eigenvalue weighted by Gasteiger charge is 2.28. The number of amides is 2. The number of rotatable bonds is 2. The van der Waals surface area contributed by atoms with Crippen LogP contribution in [0.3, 0.4) is 0 Å². The highest BCUT2D eigenvalue weighted by atomic mass is 32.2. The molecule has 1 fully saturated rings. The van der Waals surface area contributed by atoms with Crippen molar-refractivity contribution >= 4 is 21.6 Å². The number of hydrogen-bond acceptors (Lipinski definition) is 3. The van der Waals surface area contributed by atoms with Gasteiger partial charge >= 0.3 is 6.03 Å². The minimum atomic E-state index is -2.97. The van der Waals surface area contributed by atoms with Crippen molar-refractivity contribution in [1.82, 2.24) is 5.32 Å². The van der Waals surface area contributed by atoms with Gasteiger partial charge in [-0.25, -0.2) is 13.2 Å². The van der Waals surface area contributed by atoms with Crippen molar-refractivity contribution in [2.75, 3.05) is 16.8 Å². The van der Waals surface area contributed by atoms with Gasteiger partial charge in [0, 0.05) is 11.7 Å². The molecule has 1 aliphatic rings. The predicted octanol–water partition coefficient (Wildman–Crippen LogP) is 1.61. The fraction of sp³-hybridized carbons (Fsp3) is 0.462. The number of anilines is 1. The first kappa shape index (κ1) is 13.9. The monoisotopic (exact) mass is 282 g/mol. The van der Waals surface area contributed by atoms with Crippen LogP contribution in [0.5, 0.6) is 0 Å². The molecule has 1 aromatic rings. The molecular weight excluding hydrogens is 264 g/mol. The number of nitrogens with one attached hydrogen (secondary N) is 2. The number of benzene rings is 1. The van der Waals surface area contributed by atoms with Crippen molar-refractivity contribution in [2.45, 2.75) is 26.3 Å². The molecule has 6 heteroatoms. The molecule has 0 saturated carbocycles. The Labute approximate surface area is 113 Å². The Bertz CT molecular complexity index is 596. The molecule has 2 amide bonds. The van der Waals surface area contributed by atoms with E-state index in [2.05, 4.69) is 10.6 Å². The van der Waals surface area contributed by atoms with E-state index in [4.69, 9.17) is 0 Å². The lowest BCUT2D eigenvalue weighted by atomic mass is 10.1. The van der Waals surface area contributed by atoms with Crippen LogP contribution in [0.2, 0.25) is 0 Å². The van der Waals surface area contributed by atoms with Gasteiger partial charge in [-0.1, -0.05) is 17.7 Å². The molecule has 1 heterocycles. The number of hydrogen-bond donors (Lipinski definition) is 2. The molecule has 1 unspecified atom stereocenters. The fourth-order valence-electron chi connectivity index (χ4n) is 2.21. The number of carbonyl (C=O) groups excluding carboxylic acids is 1. The standard InChI is InChI=1S/C13H18N2O3S/c1-9-3-4-12(10(2)7-9)15-13(16)14-11-5-6-19(17,18)8-11/h3-4,7,11H,5-6,8H2,1-2H3,(H2,14,15,16). The summed E-state index contributed by atoms with van der Waals surface area (Å²) >= 11 is 0. The first-order valence-electron chi connectivity index (χ1n) is 6.21. The number of aryl methyl sites for hydroxylation is 2. The minimum absolute atomic E-state index is 0.0350. The maximum absolute atomic E-state index is 11.8. The molecule has 19 heavy (non-hydrogen) atoms. The number of carbonyl (C=O) groups is 1. The summed E-state index contributed by atoms with van der Waals surface area (Å²) in [5, 5.41) is 5.44. The summed E-state index contributed by atoms with van der Waals surface area (Å²) in [6.45, 7) is 3.91. The van der Waals surface area contributed by atoms with E-state index in [-0.39, 0.29) is 23.6 Å². The lowest BCUT2D eigenvalue weighted by molar-refractivity contribution is 0.249. The summed E-state index contributed by atoms with van der Waals surface area (Å²) in [5.41, 5.74) is 2.85. The topological polar surface area (TPSA) is 75.3 Å². The van der Waals surface area contributed by atoms with Gasteiger partial charge in [0.15, 0.2) is 9.84 Å². The first-order chi connectivity index (χ1) is 8.85. The van der Waals surface area contributed by atoms with Gasteiger partial charge in [-0.3, -0.25) is 0 Å². The molecule has 1 atom stereocenters. The van der Waals surface area contributed by atoms with E-state index in [1.165, 1.54) is 0 Å². The SMILES string of the molecule is Cc1ccc(NC(=O)NC2CCS(=O)(=O)C2)c(C)c1. The van der Waals surface area contributed by atoms with Crippen LogP contribution in [0.15, 0.2) is 18.2 Å². The van der Waals surface area contributed by atoms with E-state index in [1.807, 2.05) is 32.0 Å². The van der Waals surface area contributed by atoms with E-state index in [0.717, 1.165) is 16.8 Å². The Balaban J connectivity index is 1.95. The first-order valence-corrected chi connectivity index (χ1v) is 8.03. The van der Waals surface area contributed by atoms with Crippen LogP contribution in [-0.4, -0.2) is 32.0 Å². The molecule has 5 nitrogen and oxygen atoms in total. The van der Waals surface area contributed by atoms with E-state index in [1.54, 1.807) is 0 Å². The Morgan fingerprint density at radius 2 is 2.05 bits per heavy atom. The van der Waals surface area contributed by atoms with Crippen molar-refractivity contribution < 1.29 is 13.2 Å². The molecule has 2 N–H and O–H groups in total. The Hall–Kier alpha value is -1.56. The summed E-state index contributed by atoms with van der Waals surface area (Å²) in [6.07, 6.45) is 0.489. The summed E-state index contributed by atoms with van der Waals surface area (Å²) in [6, 6.07) is 5.11. The zero-order chi connectivity index (χ0) is 14.0. The van der Waals surface area contributed by atoms with Crippen LogP contribution in [0.1, 0.15) is 17.5 Å². The molecule has 1 saturated heterocycles. The third-order valence-corrected chi connectivity index (χ3v) is 4.97. The van der Waals surface area contributed by atoms with Crippen LogP contribution in [0.4, 0.5) is 10.5 Å². The maximum Gasteiger partial charge on any atom is 0.319 e. The van der Waals surface area contributed by atoms with Crippen molar-refractivity contribution in [3.05, 3.63) is 29.3 Å². The highest BCUT2D eigenvalue weighted by Crippen LogP contribution is 2.16.